The highest BCUT2D eigenvalue weighted by atomic mass is 35.5. The molecule has 7 rings (SSSR count). The number of carbonyl (C=O) groups is 2. The summed E-state index contributed by atoms with van der Waals surface area (Å²) in [5, 5.41) is 7.96. The Morgan fingerprint density at radius 3 is 2.27 bits per heavy atom. The van der Waals surface area contributed by atoms with E-state index in [2.05, 4.69) is 42.2 Å². The number of hydrogen-bond donors (Lipinski definition) is 4. The van der Waals surface area contributed by atoms with Gasteiger partial charge in [0.25, 0.3) is 0 Å². The molecule has 3 fully saturated rings. The molecule has 0 radical (unpaired) electrons. The van der Waals surface area contributed by atoms with Crippen LogP contribution in [0.4, 0.5) is 4.79 Å². The van der Waals surface area contributed by atoms with E-state index in [1.54, 1.807) is 17.0 Å². The molecule has 14 nitrogen and oxygen atoms in total. The van der Waals surface area contributed by atoms with Crippen molar-refractivity contribution in [2.24, 2.45) is 0 Å². The number of likely N-dealkylation sites (N-methyl/N-ethyl adjacent to an activating group) is 1. The van der Waals surface area contributed by atoms with Gasteiger partial charge in [-0.05, 0) is 50.4 Å². The summed E-state index contributed by atoms with van der Waals surface area (Å²) in [5.74, 6) is 0.386. The average molecular weight is 691 g/mol. The largest absolute Gasteiger partial charge is 0.343 e. The molecule has 3 amide bonds. The number of benzene rings is 2. The van der Waals surface area contributed by atoms with Crippen LogP contribution in [-0.2, 0) is 11.2 Å². The number of piperazine rings is 1. The first-order valence-corrected chi connectivity index (χ1v) is 17.5. The number of aromatic amines is 3. The molecule has 3 aliphatic rings. The van der Waals surface area contributed by atoms with E-state index in [-0.39, 0.29) is 35.8 Å². The maximum atomic E-state index is 14.1. The summed E-state index contributed by atoms with van der Waals surface area (Å²) >= 11 is 6.50. The van der Waals surface area contributed by atoms with Crippen molar-refractivity contribution in [3.8, 4) is 11.4 Å². The summed E-state index contributed by atoms with van der Waals surface area (Å²) in [6.07, 6.45) is 3.11. The van der Waals surface area contributed by atoms with Gasteiger partial charge >= 0.3 is 17.4 Å². The molecule has 4 N–H and O–H groups in total. The molecular formula is C34H43ClN10O4. The van der Waals surface area contributed by atoms with Gasteiger partial charge in [-0.2, -0.15) is 0 Å². The number of fused-ring (bicyclic) bond motifs is 1. The Hall–Kier alpha value is -4.40. The monoisotopic (exact) mass is 690 g/mol. The molecule has 3 saturated heterocycles. The zero-order chi connectivity index (χ0) is 34.1. The lowest BCUT2D eigenvalue weighted by atomic mass is 9.99. The number of rotatable bonds is 7. The van der Waals surface area contributed by atoms with Crippen LogP contribution in [0.2, 0.25) is 5.02 Å². The second-order valence-corrected chi connectivity index (χ2v) is 13.9. The molecule has 0 saturated carbocycles. The second-order valence-electron chi connectivity index (χ2n) is 13.5. The lowest BCUT2D eigenvalue weighted by Crippen LogP contribution is -2.57. The van der Waals surface area contributed by atoms with Crippen LogP contribution >= 0.6 is 11.6 Å². The fraction of sp³-hybridized carbons (Fsp3) is 0.500. The summed E-state index contributed by atoms with van der Waals surface area (Å²) < 4.78 is 1.49. The van der Waals surface area contributed by atoms with Crippen molar-refractivity contribution >= 4 is 34.6 Å². The van der Waals surface area contributed by atoms with Gasteiger partial charge in [-0.1, -0.05) is 41.9 Å². The van der Waals surface area contributed by atoms with Crippen molar-refractivity contribution < 1.29 is 9.59 Å². The number of hydrogen-bond acceptors (Lipinski definition) is 7. The Balaban J connectivity index is 1.03. The standard InChI is InChI=1S/C34H43ClN10O4/c1-41-15-17-42(18-16-41)24-7-11-43(12-8-24)31(46)28(21-22-19-26(35)29-27(20-22)36-32(47)38-29)37-33(48)44-13-9-25(10-14-44)45-34(49)39-30(40-45)23-5-3-2-4-6-23/h2-6,19-20,24-25,28H,7-18,21H2,1H3,(H,37,48)(H2,36,38,47)(H,39,40,49). The SMILES string of the molecule is CN1CCN(C2CCN(C(=O)C(Cc3cc(Cl)c4[nH]c(=O)[nH]c4c3)NC(=O)N3CCC(n4nc(-c5ccccc5)[nH]c4=O)CC3)CC2)CC1. The number of amides is 3. The van der Waals surface area contributed by atoms with E-state index in [4.69, 9.17) is 11.6 Å². The lowest BCUT2D eigenvalue weighted by Gasteiger charge is -2.42. The number of carbonyl (C=O) groups excluding carboxylic acids is 2. The third kappa shape index (κ3) is 7.31. The Kier molecular flexibility index (Phi) is 9.61. The first-order valence-electron chi connectivity index (χ1n) is 17.1. The number of nitrogens with zero attached hydrogens (tertiary/aromatic N) is 6. The Morgan fingerprint density at radius 2 is 1.55 bits per heavy atom. The molecule has 5 heterocycles. The molecule has 1 atom stereocenters. The Bertz CT molecular complexity index is 1890. The minimum Gasteiger partial charge on any atom is -0.341 e. The first-order chi connectivity index (χ1) is 23.7. The van der Waals surface area contributed by atoms with Gasteiger partial charge in [-0.15, -0.1) is 5.10 Å². The van der Waals surface area contributed by atoms with Gasteiger partial charge in [-0.3, -0.25) is 14.7 Å². The lowest BCUT2D eigenvalue weighted by molar-refractivity contribution is -0.135. The van der Waals surface area contributed by atoms with Gasteiger partial charge in [0, 0.05) is 70.4 Å². The van der Waals surface area contributed by atoms with Crippen molar-refractivity contribution in [2.75, 3.05) is 59.4 Å². The third-order valence-electron chi connectivity index (χ3n) is 10.3. The summed E-state index contributed by atoms with van der Waals surface area (Å²) in [7, 11) is 2.15. The van der Waals surface area contributed by atoms with Crippen LogP contribution in [0.1, 0.15) is 37.3 Å². The highest BCUT2D eigenvalue weighted by Crippen LogP contribution is 2.25. The Labute approximate surface area is 288 Å². The fourth-order valence-corrected chi connectivity index (χ4v) is 7.72. The molecular weight excluding hydrogens is 648 g/mol. The smallest absolute Gasteiger partial charge is 0.341 e. The molecule has 49 heavy (non-hydrogen) atoms. The van der Waals surface area contributed by atoms with Gasteiger partial charge in [0.05, 0.1) is 22.1 Å². The van der Waals surface area contributed by atoms with E-state index in [9.17, 15) is 19.2 Å². The summed E-state index contributed by atoms with van der Waals surface area (Å²) in [6, 6.07) is 12.2. The average Bonchev–Trinajstić information content (AvgIpc) is 3.70. The topological polar surface area (TPSA) is 158 Å². The second kappa shape index (κ2) is 14.2. The molecule has 2 aromatic carbocycles. The van der Waals surface area contributed by atoms with Gasteiger partial charge < -0.3 is 30.0 Å². The number of piperidine rings is 2. The molecule has 4 aromatic rings. The summed E-state index contributed by atoms with van der Waals surface area (Å²) in [5.41, 5.74) is 1.97. The van der Waals surface area contributed by atoms with Crippen LogP contribution < -0.4 is 16.7 Å². The molecule has 260 valence electrons. The van der Waals surface area contributed by atoms with Crippen molar-refractivity contribution in [1.82, 2.24) is 49.6 Å². The minimum absolute atomic E-state index is 0.129. The van der Waals surface area contributed by atoms with Crippen LogP contribution in [-0.4, -0.2) is 128 Å². The number of likely N-dealkylation sites (tertiary alicyclic amines) is 2. The zero-order valence-electron chi connectivity index (χ0n) is 27.7. The third-order valence-corrected chi connectivity index (χ3v) is 10.6. The fourth-order valence-electron chi connectivity index (χ4n) is 7.43. The van der Waals surface area contributed by atoms with Gasteiger partial charge in [-0.25, -0.2) is 19.1 Å². The van der Waals surface area contributed by atoms with Crippen molar-refractivity contribution in [3.05, 3.63) is 74.0 Å². The maximum absolute atomic E-state index is 14.1. The highest BCUT2D eigenvalue weighted by molar-refractivity contribution is 6.35. The van der Waals surface area contributed by atoms with Crippen LogP contribution in [0.5, 0.6) is 0 Å². The molecule has 0 spiro atoms. The number of nitrogens with one attached hydrogen (secondary N) is 4. The first kappa shape index (κ1) is 33.1. The van der Waals surface area contributed by atoms with Gasteiger partial charge in [0.15, 0.2) is 5.82 Å². The van der Waals surface area contributed by atoms with E-state index in [1.165, 1.54) is 4.68 Å². The quantitative estimate of drug-likeness (QED) is 0.232. The van der Waals surface area contributed by atoms with E-state index in [1.807, 2.05) is 35.2 Å². The van der Waals surface area contributed by atoms with Crippen LogP contribution in [0.15, 0.2) is 52.1 Å². The van der Waals surface area contributed by atoms with E-state index >= 15 is 0 Å². The number of aromatic nitrogens is 5. The van der Waals surface area contributed by atoms with E-state index in [0.717, 1.165) is 50.1 Å². The minimum atomic E-state index is -0.827. The molecule has 3 aliphatic heterocycles. The highest BCUT2D eigenvalue weighted by Gasteiger charge is 2.34. The van der Waals surface area contributed by atoms with Crippen molar-refractivity contribution in [3.63, 3.8) is 0 Å². The zero-order valence-corrected chi connectivity index (χ0v) is 28.4. The van der Waals surface area contributed by atoms with Crippen LogP contribution in [0.25, 0.3) is 22.4 Å². The maximum Gasteiger partial charge on any atom is 0.343 e. The summed E-state index contributed by atoms with van der Waals surface area (Å²) in [6.45, 7) is 6.26. The number of H-pyrrole nitrogens is 3. The normalized spacial score (nSPS) is 19.4. The van der Waals surface area contributed by atoms with Crippen LogP contribution in [0.3, 0.4) is 0 Å². The molecule has 1 unspecified atom stereocenters. The van der Waals surface area contributed by atoms with Gasteiger partial charge in [0.1, 0.15) is 6.04 Å². The number of imidazole rings is 1. The predicted molar refractivity (Wildman–Crippen MR) is 187 cm³/mol. The van der Waals surface area contributed by atoms with E-state index < -0.39 is 6.04 Å². The van der Waals surface area contributed by atoms with E-state index in [0.29, 0.717) is 66.9 Å². The van der Waals surface area contributed by atoms with Crippen LogP contribution in [0, 0.1) is 0 Å². The molecule has 0 aliphatic carbocycles. The summed E-state index contributed by atoms with van der Waals surface area (Å²) in [4.78, 5) is 69.3. The molecule has 0 bridgehead atoms. The number of urea groups is 1. The van der Waals surface area contributed by atoms with Crippen molar-refractivity contribution in [2.45, 2.75) is 50.2 Å². The van der Waals surface area contributed by atoms with Gasteiger partial charge in [0.2, 0.25) is 5.91 Å². The van der Waals surface area contributed by atoms with Crippen molar-refractivity contribution in [1.29, 1.82) is 0 Å². The molecule has 15 heteroatoms. The molecule has 2 aromatic heterocycles. The predicted octanol–water partition coefficient (Wildman–Crippen LogP) is 2.26. The number of halogens is 1. The Morgan fingerprint density at radius 1 is 0.878 bits per heavy atom.